The van der Waals surface area contributed by atoms with E-state index in [4.69, 9.17) is 4.42 Å². The van der Waals surface area contributed by atoms with Crippen molar-refractivity contribution < 1.29 is 19.1 Å². The van der Waals surface area contributed by atoms with E-state index in [2.05, 4.69) is 17.2 Å². The van der Waals surface area contributed by atoms with Crippen LogP contribution in [0.2, 0.25) is 0 Å². The molecule has 3 N–H and O–H groups in total. The molecule has 2 aliphatic rings. The molecule has 4 rings (SSSR count). The average Bonchev–Trinajstić information content (AvgIpc) is 3.35. The minimum Gasteiger partial charge on any atom is -0.467 e. The third-order valence-electron chi connectivity index (χ3n) is 5.32. The first-order valence-electron chi connectivity index (χ1n) is 8.92. The highest BCUT2D eigenvalue weighted by Crippen LogP contribution is 2.51. The Morgan fingerprint density at radius 2 is 2.26 bits per heavy atom. The van der Waals surface area contributed by atoms with Crippen molar-refractivity contribution in [3.05, 3.63) is 66.1 Å². The van der Waals surface area contributed by atoms with Crippen LogP contribution in [0.4, 0.5) is 10.5 Å². The number of furan rings is 1. The zero-order valence-corrected chi connectivity index (χ0v) is 14.7. The number of likely N-dealkylation sites (tertiary alicyclic amines) is 1. The maximum atomic E-state index is 12.3. The van der Waals surface area contributed by atoms with Crippen LogP contribution in [-0.4, -0.2) is 35.1 Å². The van der Waals surface area contributed by atoms with Gasteiger partial charge < -0.3 is 25.1 Å². The lowest BCUT2D eigenvalue weighted by molar-refractivity contribution is 0.0957. The highest BCUT2D eigenvalue weighted by Gasteiger charge is 2.47. The molecule has 3 atom stereocenters. The van der Waals surface area contributed by atoms with Gasteiger partial charge in [0, 0.05) is 30.3 Å². The SMILES string of the molecule is C=CCNC(=O)c1ccc2c(c1)C1C(CCN1C(=O)O)C(c1ccco1)N2. The van der Waals surface area contributed by atoms with Gasteiger partial charge in [-0.1, -0.05) is 6.08 Å². The minimum absolute atomic E-state index is 0.0336. The summed E-state index contributed by atoms with van der Waals surface area (Å²) >= 11 is 0. The van der Waals surface area contributed by atoms with E-state index in [1.807, 2.05) is 18.2 Å². The molecule has 3 unspecified atom stereocenters. The van der Waals surface area contributed by atoms with Crippen LogP contribution >= 0.6 is 0 Å². The maximum Gasteiger partial charge on any atom is 0.407 e. The second-order valence-electron chi connectivity index (χ2n) is 6.81. The van der Waals surface area contributed by atoms with Crippen molar-refractivity contribution in [3.8, 4) is 0 Å². The zero-order valence-electron chi connectivity index (χ0n) is 14.7. The third-order valence-corrected chi connectivity index (χ3v) is 5.32. The van der Waals surface area contributed by atoms with Crippen LogP contribution in [0, 0.1) is 5.92 Å². The molecule has 1 saturated heterocycles. The van der Waals surface area contributed by atoms with Gasteiger partial charge in [0.15, 0.2) is 0 Å². The Balaban J connectivity index is 1.75. The number of hydrogen-bond acceptors (Lipinski definition) is 4. The molecule has 7 nitrogen and oxygen atoms in total. The van der Waals surface area contributed by atoms with Crippen molar-refractivity contribution >= 4 is 17.7 Å². The highest BCUT2D eigenvalue weighted by atomic mass is 16.4. The molecule has 140 valence electrons. The number of nitrogens with one attached hydrogen (secondary N) is 2. The number of carboxylic acid groups (broad SMARTS) is 1. The summed E-state index contributed by atoms with van der Waals surface area (Å²) in [6.45, 7) is 4.43. The van der Waals surface area contributed by atoms with E-state index in [0.717, 1.165) is 23.4 Å². The number of amides is 2. The molecule has 0 bridgehead atoms. The van der Waals surface area contributed by atoms with Gasteiger partial charge in [0.05, 0.1) is 18.3 Å². The predicted octanol–water partition coefficient (Wildman–Crippen LogP) is 3.40. The molecule has 2 aromatic rings. The van der Waals surface area contributed by atoms with Gasteiger partial charge >= 0.3 is 6.09 Å². The van der Waals surface area contributed by atoms with Gasteiger partial charge in [0.2, 0.25) is 0 Å². The second kappa shape index (κ2) is 6.83. The van der Waals surface area contributed by atoms with E-state index in [9.17, 15) is 14.7 Å². The van der Waals surface area contributed by atoms with Gasteiger partial charge in [-0.25, -0.2) is 4.79 Å². The molecule has 27 heavy (non-hydrogen) atoms. The summed E-state index contributed by atoms with van der Waals surface area (Å²) < 4.78 is 5.60. The zero-order chi connectivity index (χ0) is 19.0. The van der Waals surface area contributed by atoms with E-state index < -0.39 is 6.09 Å². The van der Waals surface area contributed by atoms with Crippen molar-refractivity contribution in [2.75, 3.05) is 18.4 Å². The number of nitrogens with zero attached hydrogens (tertiary/aromatic N) is 1. The summed E-state index contributed by atoms with van der Waals surface area (Å²) in [6, 6.07) is 8.67. The van der Waals surface area contributed by atoms with Crippen LogP contribution in [-0.2, 0) is 0 Å². The van der Waals surface area contributed by atoms with E-state index in [1.165, 1.54) is 4.90 Å². The normalized spacial score (nSPS) is 23.1. The Morgan fingerprint density at radius 3 is 2.96 bits per heavy atom. The molecule has 3 heterocycles. The van der Waals surface area contributed by atoms with Crippen molar-refractivity contribution in [3.63, 3.8) is 0 Å². The van der Waals surface area contributed by atoms with Crippen LogP contribution in [0.15, 0.2) is 53.7 Å². The summed E-state index contributed by atoms with van der Waals surface area (Å²) in [7, 11) is 0. The van der Waals surface area contributed by atoms with Gasteiger partial charge in [0.1, 0.15) is 5.76 Å². The number of fused-ring (bicyclic) bond motifs is 3. The van der Waals surface area contributed by atoms with Gasteiger partial charge in [-0.15, -0.1) is 6.58 Å². The molecular formula is C20H21N3O4. The fraction of sp³-hybridized carbons (Fsp3) is 0.300. The van der Waals surface area contributed by atoms with E-state index in [1.54, 1.807) is 24.5 Å². The van der Waals surface area contributed by atoms with Crippen LogP contribution in [0.1, 0.15) is 40.2 Å². The Bertz CT molecular complexity index is 877. The number of anilines is 1. The summed E-state index contributed by atoms with van der Waals surface area (Å²) in [6.07, 6.45) is 3.01. The van der Waals surface area contributed by atoms with Crippen molar-refractivity contribution in [1.29, 1.82) is 0 Å². The Kier molecular flexibility index (Phi) is 4.35. The molecule has 1 aromatic carbocycles. The van der Waals surface area contributed by atoms with E-state index in [-0.39, 0.29) is 23.9 Å². The number of hydrogen-bond donors (Lipinski definition) is 3. The third kappa shape index (κ3) is 2.95. The molecule has 1 aromatic heterocycles. The second-order valence-corrected chi connectivity index (χ2v) is 6.81. The molecule has 0 aliphatic carbocycles. The number of rotatable bonds is 4. The molecule has 0 spiro atoms. The fourth-order valence-corrected chi connectivity index (χ4v) is 4.15. The van der Waals surface area contributed by atoms with Crippen molar-refractivity contribution in [1.82, 2.24) is 10.2 Å². The topological polar surface area (TPSA) is 94.8 Å². The average molecular weight is 367 g/mol. The van der Waals surface area contributed by atoms with Gasteiger partial charge in [0.25, 0.3) is 5.91 Å². The van der Waals surface area contributed by atoms with Gasteiger partial charge in [-0.2, -0.15) is 0 Å². The van der Waals surface area contributed by atoms with E-state index in [0.29, 0.717) is 18.7 Å². The molecule has 0 saturated carbocycles. The first-order valence-corrected chi connectivity index (χ1v) is 8.92. The molecule has 2 amide bonds. The Morgan fingerprint density at radius 1 is 1.41 bits per heavy atom. The van der Waals surface area contributed by atoms with Crippen molar-refractivity contribution in [2.45, 2.75) is 18.5 Å². The number of carbonyl (C=O) groups excluding carboxylic acids is 1. The lowest BCUT2D eigenvalue weighted by Gasteiger charge is -2.38. The first kappa shape index (κ1) is 17.2. The lowest BCUT2D eigenvalue weighted by atomic mass is 9.81. The first-order chi connectivity index (χ1) is 13.1. The Labute approximate surface area is 156 Å². The lowest BCUT2D eigenvalue weighted by Crippen LogP contribution is -2.37. The minimum atomic E-state index is -0.949. The smallest absolute Gasteiger partial charge is 0.407 e. The van der Waals surface area contributed by atoms with Crippen LogP contribution in [0.3, 0.4) is 0 Å². The quantitative estimate of drug-likeness (QED) is 0.720. The van der Waals surface area contributed by atoms with Crippen LogP contribution < -0.4 is 10.6 Å². The summed E-state index contributed by atoms with van der Waals surface area (Å²) in [4.78, 5) is 25.6. The molecular weight excluding hydrogens is 346 g/mol. The fourth-order valence-electron chi connectivity index (χ4n) is 4.15. The van der Waals surface area contributed by atoms with Crippen LogP contribution in [0.5, 0.6) is 0 Å². The Hall–Kier alpha value is -3.22. The summed E-state index contributed by atoms with van der Waals surface area (Å²) in [5.74, 6) is 0.615. The summed E-state index contributed by atoms with van der Waals surface area (Å²) in [5, 5.41) is 15.9. The molecule has 2 aliphatic heterocycles. The standard InChI is InChI=1S/C20H21N3O4/c1-2-8-21-19(24)12-5-6-15-14(11-12)18-13(7-9-23(18)20(25)26)17(22-15)16-4-3-10-27-16/h2-6,10-11,13,17-18,22H,1,7-9H2,(H,21,24)(H,25,26). The number of carbonyl (C=O) groups is 2. The molecule has 1 fully saturated rings. The van der Waals surface area contributed by atoms with Gasteiger partial charge in [-0.05, 0) is 42.3 Å². The maximum absolute atomic E-state index is 12.3. The largest absolute Gasteiger partial charge is 0.467 e. The monoisotopic (exact) mass is 367 g/mol. The predicted molar refractivity (Wildman–Crippen MR) is 99.6 cm³/mol. The summed E-state index contributed by atoms with van der Waals surface area (Å²) in [5.41, 5.74) is 2.16. The number of benzene rings is 1. The van der Waals surface area contributed by atoms with Crippen molar-refractivity contribution in [2.24, 2.45) is 5.92 Å². The molecule has 0 radical (unpaired) electrons. The van der Waals surface area contributed by atoms with Crippen LogP contribution in [0.25, 0.3) is 0 Å². The van der Waals surface area contributed by atoms with E-state index >= 15 is 0 Å². The molecule has 7 heteroatoms. The highest BCUT2D eigenvalue weighted by molar-refractivity contribution is 5.95. The van der Waals surface area contributed by atoms with Gasteiger partial charge in [-0.3, -0.25) is 4.79 Å².